The number of nitrogens with one attached hydrogen (secondary N) is 4. The molecule has 4 atom stereocenters. The van der Waals surface area contributed by atoms with E-state index in [0.29, 0.717) is 63.8 Å². The molecule has 2 aromatic carbocycles. The Morgan fingerprint density at radius 3 is 1.84 bits per heavy atom. The van der Waals surface area contributed by atoms with Crippen LogP contribution < -0.4 is 10.6 Å². The van der Waals surface area contributed by atoms with Crippen molar-refractivity contribution >= 4 is 68.1 Å². The first-order chi connectivity index (χ1) is 27.4. The van der Waals surface area contributed by atoms with Crippen molar-refractivity contribution in [2.24, 2.45) is 11.8 Å². The highest BCUT2D eigenvalue weighted by atomic mass is 16.5. The number of benzene rings is 2. The zero-order valence-electron chi connectivity index (χ0n) is 32.7. The second kappa shape index (κ2) is 15.0. The van der Waals surface area contributed by atoms with Gasteiger partial charge in [-0.25, -0.2) is 24.5 Å². The Morgan fingerprint density at radius 2 is 1.28 bits per heavy atom. The molecular formula is C40H46N10O7. The number of carbonyl (C=O) groups excluding carboxylic acids is 4. The molecule has 6 aromatic rings. The highest BCUT2D eigenvalue weighted by molar-refractivity contribution is 6.03. The molecule has 0 aliphatic carbocycles. The van der Waals surface area contributed by atoms with Crippen LogP contribution in [0.3, 0.4) is 0 Å². The summed E-state index contributed by atoms with van der Waals surface area (Å²) in [6.07, 6.45) is 3.48. The van der Waals surface area contributed by atoms with Gasteiger partial charge in [0.05, 0.1) is 53.9 Å². The lowest BCUT2D eigenvalue weighted by atomic mass is 10.0. The van der Waals surface area contributed by atoms with Gasteiger partial charge >= 0.3 is 12.2 Å². The second-order valence-electron chi connectivity index (χ2n) is 15.4. The fraction of sp³-hybridized carbons (Fsp3) is 0.450. The molecule has 57 heavy (non-hydrogen) atoms. The van der Waals surface area contributed by atoms with Crippen LogP contribution in [-0.4, -0.2) is 103 Å². The molecule has 2 saturated heterocycles. The number of H-pyrrole nitrogens is 2. The van der Waals surface area contributed by atoms with E-state index in [-0.39, 0.29) is 35.7 Å². The van der Waals surface area contributed by atoms with Crippen LogP contribution in [0.25, 0.3) is 55.5 Å². The number of methoxy groups -OCH3 is 2. The van der Waals surface area contributed by atoms with Crippen molar-refractivity contribution in [3.63, 3.8) is 0 Å². The minimum atomic E-state index is -0.734. The lowest BCUT2D eigenvalue weighted by Crippen LogP contribution is -2.51. The smallest absolute Gasteiger partial charge is 0.407 e. The number of oxazole rings is 1. The average molecular weight is 779 g/mol. The zero-order chi connectivity index (χ0) is 40.1. The Morgan fingerprint density at radius 1 is 0.754 bits per heavy atom. The summed E-state index contributed by atoms with van der Waals surface area (Å²) >= 11 is 0. The number of rotatable bonds is 9. The quantitative estimate of drug-likeness (QED) is 0.136. The summed E-state index contributed by atoms with van der Waals surface area (Å²) in [5.74, 6) is 1.06. The van der Waals surface area contributed by atoms with Gasteiger partial charge in [0, 0.05) is 24.7 Å². The third-order valence-electron chi connectivity index (χ3n) is 11.1. The Bertz CT molecular complexity index is 2520. The van der Waals surface area contributed by atoms with Crippen molar-refractivity contribution in [3.8, 4) is 11.5 Å². The summed E-state index contributed by atoms with van der Waals surface area (Å²) < 4.78 is 15.9. The summed E-state index contributed by atoms with van der Waals surface area (Å²) in [6.45, 7) is 8.64. The number of imidazole rings is 2. The largest absolute Gasteiger partial charge is 0.453 e. The number of pyridine rings is 1. The van der Waals surface area contributed by atoms with Crippen LogP contribution in [-0.2, 0) is 19.1 Å². The number of carbonyl (C=O) groups is 4. The van der Waals surface area contributed by atoms with Crippen LogP contribution in [0.2, 0.25) is 0 Å². The summed E-state index contributed by atoms with van der Waals surface area (Å²) in [5, 5.41) is 6.23. The maximum Gasteiger partial charge on any atom is 0.407 e. The minimum Gasteiger partial charge on any atom is -0.453 e. The number of alkyl carbamates (subject to hydrolysis) is 2. The van der Waals surface area contributed by atoms with E-state index >= 15 is 0 Å². The molecule has 2 fully saturated rings. The topological polar surface area (TPSA) is 214 Å². The SMILES string of the molecule is COC(=O)N[C@H](C(=O)N1CCC[C@H]1c1nc2ccc3cc(-c4nc5ccc6nc([C@@H]7CCCN7C(=O)[C@@H](NC(=O)OC)C(C)C)[nH]c6c5o4)cnc3c2[nH]1)C(C)C. The first-order valence-electron chi connectivity index (χ1n) is 19.3. The highest BCUT2D eigenvalue weighted by Gasteiger charge is 2.39. The number of amides is 4. The normalized spacial score (nSPS) is 18.3. The number of aromatic nitrogens is 6. The van der Waals surface area contributed by atoms with Crippen LogP contribution in [0.5, 0.6) is 0 Å². The van der Waals surface area contributed by atoms with Crippen LogP contribution in [0.1, 0.15) is 77.1 Å². The molecule has 17 nitrogen and oxygen atoms in total. The molecule has 4 N–H and O–H groups in total. The van der Waals surface area contributed by atoms with Crippen LogP contribution >= 0.6 is 0 Å². The monoisotopic (exact) mass is 778 g/mol. The van der Waals surface area contributed by atoms with Gasteiger partial charge in [-0.3, -0.25) is 14.6 Å². The van der Waals surface area contributed by atoms with Crippen molar-refractivity contribution in [1.29, 1.82) is 0 Å². The fourth-order valence-electron chi connectivity index (χ4n) is 8.12. The number of ether oxygens (including phenoxy) is 2. The van der Waals surface area contributed by atoms with Gasteiger partial charge < -0.3 is 44.3 Å². The van der Waals surface area contributed by atoms with Gasteiger partial charge in [-0.15, -0.1) is 0 Å². The van der Waals surface area contributed by atoms with Crippen molar-refractivity contribution in [2.75, 3.05) is 27.3 Å². The average Bonchev–Trinajstić information content (AvgIpc) is 4.05. The molecule has 17 heteroatoms. The molecule has 8 rings (SSSR count). The third kappa shape index (κ3) is 6.84. The molecule has 298 valence electrons. The number of hydrogen-bond acceptors (Lipinski definition) is 11. The van der Waals surface area contributed by atoms with Gasteiger partial charge in [-0.2, -0.15) is 0 Å². The molecule has 2 aliphatic rings. The first-order valence-corrected chi connectivity index (χ1v) is 19.3. The molecule has 0 saturated carbocycles. The van der Waals surface area contributed by atoms with Crippen molar-refractivity contribution in [2.45, 2.75) is 77.5 Å². The molecule has 4 amide bonds. The Labute approximate surface area is 327 Å². The maximum absolute atomic E-state index is 13.7. The first kappa shape index (κ1) is 37.7. The maximum atomic E-state index is 13.7. The summed E-state index contributed by atoms with van der Waals surface area (Å²) in [4.78, 5) is 81.3. The third-order valence-corrected chi connectivity index (χ3v) is 11.1. The Balaban J connectivity index is 1.06. The second-order valence-corrected chi connectivity index (χ2v) is 15.4. The molecular weight excluding hydrogens is 733 g/mol. The standard InChI is InChI=1S/C40H46N10O7/c1-19(2)28(47-39(53)55-5)37(51)49-15-7-9-26(49)34-42-23-12-11-21-17-22(18-41-30(21)31(23)45-34)36-44-25-14-13-24-32(33(25)57-36)46-35(43-24)27-10-8-16-50(27)38(52)29(20(3)4)48-40(54)56-6/h11-14,17-20,26-29H,7-10,15-16H2,1-6H3,(H,42,45)(H,43,46)(H,47,53)(H,48,54)/t26-,27-,28-,29-/m0/s1. The van der Waals surface area contributed by atoms with E-state index in [1.54, 1.807) is 16.0 Å². The van der Waals surface area contributed by atoms with Gasteiger partial charge in [0.2, 0.25) is 17.7 Å². The summed E-state index contributed by atoms with van der Waals surface area (Å²) in [5.41, 5.74) is 5.42. The number of nitrogens with zero attached hydrogens (tertiary/aromatic N) is 6. The fourth-order valence-corrected chi connectivity index (χ4v) is 8.12. The zero-order valence-corrected chi connectivity index (χ0v) is 32.7. The number of fused-ring (bicyclic) bond motifs is 6. The van der Waals surface area contributed by atoms with Crippen LogP contribution in [0, 0.1) is 11.8 Å². The molecule has 4 aromatic heterocycles. The summed E-state index contributed by atoms with van der Waals surface area (Å²) in [6, 6.07) is 7.54. The molecule has 2 aliphatic heterocycles. The van der Waals surface area contributed by atoms with Gasteiger partial charge in [-0.1, -0.05) is 33.8 Å². The number of likely N-dealkylation sites (tertiary alicyclic amines) is 2. The van der Waals surface area contributed by atoms with Crippen LogP contribution in [0.4, 0.5) is 9.59 Å². The van der Waals surface area contributed by atoms with Crippen molar-refractivity contribution < 1.29 is 33.1 Å². The van der Waals surface area contributed by atoms with Gasteiger partial charge in [-0.05, 0) is 61.8 Å². The molecule has 0 bridgehead atoms. The van der Waals surface area contributed by atoms with E-state index in [4.69, 9.17) is 33.8 Å². The predicted molar refractivity (Wildman–Crippen MR) is 210 cm³/mol. The summed E-state index contributed by atoms with van der Waals surface area (Å²) in [7, 11) is 2.56. The lowest BCUT2D eigenvalue weighted by molar-refractivity contribution is -0.136. The van der Waals surface area contributed by atoms with Gasteiger partial charge in [0.25, 0.3) is 0 Å². The van der Waals surface area contributed by atoms with E-state index < -0.39 is 24.3 Å². The van der Waals surface area contributed by atoms with Gasteiger partial charge in [0.1, 0.15) is 34.8 Å². The lowest BCUT2D eigenvalue weighted by Gasteiger charge is -2.29. The van der Waals surface area contributed by atoms with E-state index in [0.717, 1.165) is 42.1 Å². The van der Waals surface area contributed by atoms with E-state index in [2.05, 4.69) is 20.6 Å². The Kier molecular flexibility index (Phi) is 9.91. The molecule has 0 unspecified atom stereocenters. The molecule has 0 radical (unpaired) electrons. The van der Waals surface area contributed by atoms with E-state index in [1.165, 1.54) is 14.2 Å². The number of aromatic amines is 2. The molecule has 0 spiro atoms. The van der Waals surface area contributed by atoms with Crippen molar-refractivity contribution in [3.05, 3.63) is 48.2 Å². The van der Waals surface area contributed by atoms with Crippen LogP contribution in [0.15, 0.2) is 40.9 Å². The van der Waals surface area contributed by atoms with E-state index in [9.17, 15) is 19.2 Å². The number of hydrogen-bond donors (Lipinski definition) is 4. The molecule has 6 heterocycles. The highest BCUT2D eigenvalue weighted by Crippen LogP contribution is 2.37. The Hall–Kier alpha value is -6.26. The minimum absolute atomic E-state index is 0.137. The van der Waals surface area contributed by atoms with Gasteiger partial charge in [0.15, 0.2) is 5.58 Å². The van der Waals surface area contributed by atoms with Crippen molar-refractivity contribution in [1.82, 2.24) is 50.3 Å². The van der Waals surface area contributed by atoms with E-state index in [1.807, 2.05) is 58.0 Å². The predicted octanol–water partition coefficient (Wildman–Crippen LogP) is 5.88.